The van der Waals surface area contributed by atoms with Crippen molar-refractivity contribution in [1.82, 2.24) is 25.0 Å². The summed E-state index contributed by atoms with van der Waals surface area (Å²) >= 11 is 0. The van der Waals surface area contributed by atoms with Gasteiger partial charge in [0.1, 0.15) is 5.82 Å². The third kappa shape index (κ3) is 4.92. The number of nitrogen functional groups attached to an aromatic ring is 1. The summed E-state index contributed by atoms with van der Waals surface area (Å²) in [6, 6.07) is 11.9. The van der Waals surface area contributed by atoms with Crippen LogP contribution in [-0.4, -0.2) is 51.2 Å². The van der Waals surface area contributed by atoms with Gasteiger partial charge in [0.25, 0.3) is 5.91 Å². The van der Waals surface area contributed by atoms with E-state index in [0.717, 1.165) is 38.6 Å². The monoisotopic (exact) mass is 540 g/mol. The van der Waals surface area contributed by atoms with Gasteiger partial charge in [-0.05, 0) is 76.9 Å². The van der Waals surface area contributed by atoms with E-state index in [1.807, 2.05) is 55.1 Å². The van der Waals surface area contributed by atoms with Crippen LogP contribution in [0.2, 0.25) is 0 Å². The van der Waals surface area contributed by atoms with E-state index in [1.165, 1.54) is 0 Å². The number of nitrogens with zero attached hydrogens (tertiary/aromatic N) is 4. The number of likely N-dealkylation sites (tertiary alicyclic amines) is 1. The van der Waals surface area contributed by atoms with Gasteiger partial charge in [-0.1, -0.05) is 24.3 Å². The molecule has 0 bridgehead atoms. The predicted octanol–water partition coefficient (Wildman–Crippen LogP) is 3.83. The SMILES string of the molecule is Cc1cc2c(N)nccc2c(C)c1CNC(=O)c1cnn(Cc2ccc(CC(=O)N3CC4C(CF)[C@@H]4C3)cc2)c1. The third-order valence-electron chi connectivity index (χ3n) is 8.66. The minimum atomic E-state index is -0.263. The molecule has 6 rings (SSSR count). The topological polar surface area (TPSA) is 106 Å². The highest BCUT2D eigenvalue weighted by Gasteiger charge is 2.56. The second-order valence-corrected chi connectivity index (χ2v) is 11.1. The number of nitrogens with two attached hydrogens (primary N) is 1. The molecule has 1 aliphatic heterocycles. The van der Waals surface area contributed by atoms with E-state index in [1.54, 1.807) is 23.3 Å². The van der Waals surface area contributed by atoms with Crippen molar-refractivity contribution in [3.63, 3.8) is 0 Å². The summed E-state index contributed by atoms with van der Waals surface area (Å²) in [6.45, 7) is 6.08. The third-order valence-corrected chi connectivity index (χ3v) is 8.66. The first-order chi connectivity index (χ1) is 19.3. The number of benzene rings is 2. The number of halogens is 1. The first-order valence-electron chi connectivity index (χ1n) is 13.7. The Hall–Kier alpha value is -4.27. The van der Waals surface area contributed by atoms with Crippen molar-refractivity contribution in [3.05, 3.63) is 88.4 Å². The van der Waals surface area contributed by atoms with E-state index in [0.29, 0.717) is 55.8 Å². The summed E-state index contributed by atoms with van der Waals surface area (Å²) in [6.07, 6.45) is 5.36. The van der Waals surface area contributed by atoms with Crippen molar-refractivity contribution in [2.75, 3.05) is 25.5 Å². The molecule has 2 amide bonds. The van der Waals surface area contributed by atoms with Crippen LogP contribution in [0.1, 0.15) is 38.2 Å². The van der Waals surface area contributed by atoms with E-state index in [-0.39, 0.29) is 24.4 Å². The Morgan fingerprint density at radius 2 is 1.80 bits per heavy atom. The molecule has 1 saturated heterocycles. The zero-order valence-corrected chi connectivity index (χ0v) is 22.7. The molecular formula is C31H33FN6O2. The number of piperidine rings is 1. The fourth-order valence-corrected chi connectivity index (χ4v) is 6.16. The van der Waals surface area contributed by atoms with Gasteiger partial charge in [-0.2, -0.15) is 5.10 Å². The predicted molar refractivity (Wildman–Crippen MR) is 151 cm³/mol. The molecule has 3 N–H and O–H groups in total. The van der Waals surface area contributed by atoms with Crippen molar-refractivity contribution in [2.24, 2.45) is 17.8 Å². The number of carbonyl (C=O) groups is 2. The number of rotatable bonds is 8. The standard InChI is InChI=1S/C31H33FN6O2/c1-18-9-24-23(7-8-34-30(24)33)19(2)26(18)13-35-31(40)22-12-36-38(15-22)14-21-5-3-20(4-6-21)10-29(39)37-16-27-25(11-32)28(27)17-37/h3-9,12,15,25,27-28H,10-11,13-14,16-17H2,1-2H3,(H2,33,34)(H,35,40)/t25?,27-,28?/m0/s1. The number of fused-ring (bicyclic) bond motifs is 2. The van der Waals surface area contributed by atoms with Gasteiger partial charge in [0.2, 0.25) is 5.91 Å². The number of alkyl halides is 1. The summed E-state index contributed by atoms with van der Waals surface area (Å²) in [5.74, 6) is 1.32. The van der Waals surface area contributed by atoms with Gasteiger partial charge in [0, 0.05) is 37.4 Å². The van der Waals surface area contributed by atoms with Crippen molar-refractivity contribution in [2.45, 2.75) is 33.4 Å². The fraction of sp³-hybridized carbons (Fsp3) is 0.355. The van der Waals surface area contributed by atoms with Crippen LogP contribution < -0.4 is 11.1 Å². The van der Waals surface area contributed by atoms with Gasteiger partial charge in [0.05, 0.1) is 31.4 Å². The van der Waals surface area contributed by atoms with E-state index < -0.39 is 0 Å². The molecule has 1 aliphatic carbocycles. The molecule has 2 aromatic carbocycles. The van der Waals surface area contributed by atoms with E-state index >= 15 is 0 Å². The van der Waals surface area contributed by atoms with Gasteiger partial charge in [-0.3, -0.25) is 18.7 Å². The highest BCUT2D eigenvalue weighted by molar-refractivity contribution is 5.95. The number of hydrogen-bond donors (Lipinski definition) is 2. The number of anilines is 1. The summed E-state index contributed by atoms with van der Waals surface area (Å²) < 4.78 is 14.6. The number of hydrogen-bond acceptors (Lipinski definition) is 5. The lowest BCUT2D eigenvalue weighted by Crippen LogP contribution is -2.33. The molecule has 4 aromatic rings. The number of nitrogens with one attached hydrogen (secondary N) is 1. The lowest BCUT2D eigenvalue weighted by Gasteiger charge is -2.19. The van der Waals surface area contributed by atoms with Crippen molar-refractivity contribution < 1.29 is 14.0 Å². The summed E-state index contributed by atoms with van der Waals surface area (Å²) in [5.41, 5.74) is 11.7. The minimum absolute atomic E-state index is 0.107. The molecule has 40 heavy (non-hydrogen) atoms. The van der Waals surface area contributed by atoms with Crippen LogP contribution in [-0.2, 0) is 24.3 Å². The highest BCUT2D eigenvalue weighted by atomic mass is 19.1. The molecule has 2 fully saturated rings. The molecule has 3 heterocycles. The van der Waals surface area contributed by atoms with Crippen LogP contribution >= 0.6 is 0 Å². The molecule has 2 aliphatic rings. The molecule has 0 radical (unpaired) electrons. The average molecular weight is 541 g/mol. The Morgan fingerprint density at radius 3 is 2.52 bits per heavy atom. The van der Waals surface area contributed by atoms with Gasteiger partial charge in [-0.15, -0.1) is 0 Å². The zero-order chi connectivity index (χ0) is 28.0. The Bertz CT molecular complexity index is 1590. The smallest absolute Gasteiger partial charge is 0.254 e. The van der Waals surface area contributed by atoms with Gasteiger partial charge < -0.3 is 16.0 Å². The number of pyridine rings is 1. The lowest BCUT2D eigenvalue weighted by atomic mass is 9.96. The van der Waals surface area contributed by atoms with Crippen LogP contribution in [0, 0.1) is 31.6 Å². The first-order valence-corrected chi connectivity index (χ1v) is 13.7. The maximum atomic E-state index is 12.9. The quantitative estimate of drug-likeness (QED) is 0.353. The maximum absolute atomic E-state index is 12.9. The van der Waals surface area contributed by atoms with Crippen LogP contribution in [0.15, 0.2) is 55.0 Å². The number of amides is 2. The molecule has 0 spiro atoms. The second-order valence-electron chi connectivity index (χ2n) is 11.1. The normalized spacial score (nSPS) is 19.6. The number of carbonyl (C=O) groups excluding carboxylic acids is 2. The average Bonchev–Trinajstić information content (AvgIpc) is 3.24. The van der Waals surface area contributed by atoms with Gasteiger partial charge in [0.15, 0.2) is 0 Å². The summed E-state index contributed by atoms with van der Waals surface area (Å²) in [4.78, 5) is 31.6. The molecule has 3 atom stereocenters. The maximum Gasteiger partial charge on any atom is 0.254 e. The van der Waals surface area contributed by atoms with Crippen LogP contribution in [0.3, 0.4) is 0 Å². The van der Waals surface area contributed by atoms with Gasteiger partial charge in [-0.25, -0.2) is 4.98 Å². The first kappa shape index (κ1) is 26.0. The molecule has 9 heteroatoms. The van der Waals surface area contributed by atoms with Crippen molar-refractivity contribution >= 4 is 28.4 Å². The van der Waals surface area contributed by atoms with Crippen LogP contribution in [0.5, 0.6) is 0 Å². The summed E-state index contributed by atoms with van der Waals surface area (Å²) in [5, 5.41) is 9.34. The fourth-order valence-electron chi connectivity index (χ4n) is 6.16. The van der Waals surface area contributed by atoms with E-state index in [4.69, 9.17) is 5.73 Å². The number of aryl methyl sites for hydroxylation is 2. The van der Waals surface area contributed by atoms with Crippen molar-refractivity contribution in [3.8, 4) is 0 Å². The minimum Gasteiger partial charge on any atom is -0.383 e. The Balaban J connectivity index is 1.03. The lowest BCUT2D eigenvalue weighted by molar-refractivity contribution is -0.130. The highest BCUT2D eigenvalue weighted by Crippen LogP contribution is 2.51. The molecule has 2 unspecified atom stereocenters. The van der Waals surface area contributed by atoms with Crippen molar-refractivity contribution in [1.29, 1.82) is 0 Å². The molecule has 2 aromatic heterocycles. The van der Waals surface area contributed by atoms with Crippen LogP contribution in [0.25, 0.3) is 10.8 Å². The molecule has 206 valence electrons. The molecule has 1 saturated carbocycles. The zero-order valence-electron chi connectivity index (χ0n) is 22.7. The largest absolute Gasteiger partial charge is 0.383 e. The number of aromatic nitrogens is 3. The Labute approximate surface area is 232 Å². The van der Waals surface area contributed by atoms with E-state index in [9.17, 15) is 14.0 Å². The Morgan fingerprint density at radius 1 is 1.07 bits per heavy atom. The van der Waals surface area contributed by atoms with Crippen LogP contribution in [0.4, 0.5) is 10.2 Å². The Kier molecular flexibility index (Phi) is 6.73. The molecule has 8 nitrogen and oxygen atoms in total. The second kappa shape index (κ2) is 10.4. The van der Waals surface area contributed by atoms with Gasteiger partial charge >= 0.3 is 0 Å². The summed E-state index contributed by atoms with van der Waals surface area (Å²) in [7, 11) is 0. The van der Waals surface area contributed by atoms with E-state index in [2.05, 4.69) is 15.4 Å². The molecular weight excluding hydrogens is 507 g/mol.